The van der Waals surface area contributed by atoms with Crippen molar-refractivity contribution < 1.29 is 19.5 Å². The zero-order chi connectivity index (χ0) is 18.8. The number of aryl methyl sites for hydroxylation is 1. The molecule has 6 nitrogen and oxygen atoms in total. The van der Waals surface area contributed by atoms with E-state index in [0.717, 1.165) is 12.0 Å². The molecule has 0 radical (unpaired) electrons. The number of likely N-dealkylation sites (tertiary alicyclic amines) is 1. The predicted molar refractivity (Wildman–Crippen MR) is 94.3 cm³/mol. The van der Waals surface area contributed by atoms with Crippen molar-refractivity contribution in [2.45, 2.75) is 39.2 Å². The second-order valence-electron chi connectivity index (χ2n) is 7.22. The van der Waals surface area contributed by atoms with Gasteiger partial charge in [0, 0.05) is 25.7 Å². The third-order valence-electron chi connectivity index (χ3n) is 5.05. The number of aliphatic carboxylic acids is 1. The van der Waals surface area contributed by atoms with Gasteiger partial charge in [0.1, 0.15) is 5.54 Å². The molecule has 136 valence electrons. The van der Waals surface area contributed by atoms with Crippen molar-refractivity contribution in [3.63, 3.8) is 0 Å². The lowest BCUT2D eigenvalue weighted by Crippen LogP contribution is -2.55. The summed E-state index contributed by atoms with van der Waals surface area (Å²) >= 11 is 0. The van der Waals surface area contributed by atoms with Crippen molar-refractivity contribution in [1.82, 2.24) is 9.80 Å². The molecule has 1 unspecified atom stereocenters. The van der Waals surface area contributed by atoms with Gasteiger partial charge in [-0.2, -0.15) is 0 Å². The molecular weight excluding hydrogens is 320 g/mol. The van der Waals surface area contributed by atoms with Gasteiger partial charge in [-0.3, -0.25) is 9.59 Å². The van der Waals surface area contributed by atoms with E-state index in [4.69, 9.17) is 0 Å². The number of piperidine rings is 1. The lowest BCUT2D eigenvalue weighted by Gasteiger charge is -2.38. The molecule has 2 rings (SSSR count). The highest BCUT2D eigenvalue weighted by Gasteiger charge is 2.39. The van der Waals surface area contributed by atoms with Crippen molar-refractivity contribution in [3.8, 4) is 0 Å². The van der Waals surface area contributed by atoms with Gasteiger partial charge in [-0.25, -0.2) is 4.79 Å². The van der Waals surface area contributed by atoms with E-state index in [9.17, 15) is 19.5 Å². The molecule has 1 aliphatic heterocycles. The number of hydrogen-bond acceptors (Lipinski definition) is 3. The molecule has 0 aromatic heterocycles. The van der Waals surface area contributed by atoms with Crippen LogP contribution in [0.5, 0.6) is 0 Å². The van der Waals surface area contributed by atoms with Crippen LogP contribution in [0.4, 0.5) is 0 Å². The summed E-state index contributed by atoms with van der Waals surface area (Å²) in [4.78, 5) is 39.7. The first-order valence-corrected chi connectivity index (χ1v) is 8.51. The smallest absolute Gasteiger partial charge is 0.329 e. The fraction of sp³-hybridized carbons (Fsp3) is 0.526. The number of carbonyl (C=O) groups excluding carboxylic acids is 2. The fourth-order valence-corrected chi connectivity index (χ4v) is 2.93. The highest BCUT2D eigenvalue weighted by molar-refractivity contribution is 5.95. The number of likely N-dealkylation sites (N-methyl/N-ethyl adjacent to an activating group) is 1. The third-order valence-corrected chi connectivity index (χ3v) is 5.05. The van der Waals surface area contributed by atoms with Crippen LogP contribution in [-0.2, 0) is 9.59 Å². The number of carboxylic acid groups (broad SMARTS) is 1. The minimum atomic E-state index is -1.28. The van der Waals surface area contributed by atoms with E-state index in [2.05, 4.69) is 0 Å². The van der Waals surface area contributed by atoms with Crippen LogP contribution in [0.1, 0.15) is 42.6 Å². The average molecular weight is 346 g/mol. The summed E-state index contributed by atoms with van der Waals surface area (Å²) in [5, 5.41) is 9.31. The highest BCUT2D eigenvalue weighted by Crippen LogP contribution is 2.24. The SMILES string of the molecule is Cc1ccc(C(=O)N2CCCC(C(=O)N(C)C(C)(C)C(=O)O)C2)cc1. The Hall–Kier alpha value is -2.37. The number of rotatable bonds is 4. The number of benzene rings is 1. The average Bonchev–Trinajstić information content (AvgIpc) is 2.60. The number of carbonyl (C=O) groups is 3. The minimum Gasteiger partial charge on any atom is -0.480 e. The largest absolute Gasteiger partial charge is 0.480 e. The van der Waals surface area contributed by atoms with Crippen molar-refractivity contribution in [3.05, 3.63) is 35.4 Å². The maximum Gasteiger partial charge on any atom is 0.329 e. The number of nitrogens with zero attached hydrogens (tertiary/aromatic N) is 2. The molecule has 1 saturated heterocycles. The van der Waals surface area contributed by atoms with Crippen molar-refractivity contribution in [2.24, 2.45) is 5.92 Å². The quantitative estimate of drug-likeness (QED) is 0.906. The number of hydrogen-bond donors (Lipinski definition) is 1. The van der Waals surface area contributed by atoms with Crippen molar-refractivity contribution >= 4 is 17.8 Å². The zero-order valence-corrected chi connectivity index (χ0v) is 15.3. The van der Waals surface area contributed by atoms with Crippen LogP contribution in [0, 0.1) is 12.8 Å². The molecule has 0 aliphatic carbocycles. The summed E-state index contributed by atoms with van der Waals surface area (Å²) in [6, 6.07) is 7.37. The topological polar surface area (TPSA) is 77.9 Å². The minimum absolute atomic E-state index is 0.0855. The van der Waals surface area contributed by atoms with Gasteiger partial charge in [-0.05, 0) is 45.7 Å². The molecule has 0 saturated carbocycles. The Kier molecular flexibility index (Phi) is 5.50. The molecule has 25 heavy (non-hydrogen) atoms. The standard InChI is InChI=1S/C19H26N2O4/c1-13-7-9-14(10-8-13)17(23)21-11-5-6-15(12-21)16(22)20(4)19(2,3)18(24)25/h7-10,15H,5-6,11-12H2,1-4H3,(H,24,25). The van der Waals surface area contributed by atoms with Gasteiger partial charge in [-0.1, -0.05) is 17.7 Å². The van der Waals surface area contributed by atoms with Crippen LogP contribution in [0.2, 0.25) is 0 Å². The van der Waals surface area contributed by atoms with Gasteiger partial charge in [0.05, 0.1) is 5.92 Å². The molecule has 2 amide bonds. The van der Waals surface area contributed by atoms with E-state index in [1.165, 1.54) is 25.8 Å². The normalized spacial score (nSPS) is 17.9. The highest BCUT2D eigenvalue weighted by atomic mass is 16.4. The van der Waals surface area contributed by atoms with Gasteiger partial charge < -0.3 is 14.9 Å². The van der Waals surface area contributed by atoms with Gasteiger partial charge in [0.25, 0.3) is 5.91 Å². The Morgan fingerprint density at radius 3 is 2.36 bits per heavy atom. The lowest BCUT2D eigenvalue weighted by molar-refractivity contribution is -0.157. The fourth-order valence-electron chi connectivity index (χ4n) is 2.93. The lowest BCUT2D eigenvalue weighted by atomic mass is 9.93. The van der Waals surface area contributed by atoms with Gasteiger partial charge >= 0.3 is 5.97 Å². The molecule has 0 spiro atoms. The van der Waals surface area contributed by atoms with Crippen LogP contribution >= 0.6 is 0 Å². The first kappa shape index (κ1) is 19.0. The Balaban J connectivity index is 2.10. The monoisotopic (exact) mass is 346 g/mol. The van der Waals surface area contributed by atoms with E-state index in [1.807, 2.05) is 19.1 Å². The second-order valence-corrected chi connectivity index (χ2v) is 7.22. The maximum absolute atomic E-state index is 12.7. The predicted octanol–water partition coefficient (Wildman–Crippen LogP) is 2.17. The molecule has 6 heteroatoms. The Bertz CT molecular complexity index is 667. The second kappa shape index (κ2) is 7.25. The van der Waals surface area contributed by atoms with E-state index in [0.29, 0.717) is 25.1 Å². The Labute approximate surface area is 148 Å². The molecule has 1 atom stereocenters. The van der Waals surface area contributed by atoms with Crippen LogP contribution in [0.3, 0.4) is 0 Å². The number of carboxylic acids is 1. The summed E-state index contributed by atoms with van der Waals surface area (Å²) in [6.45, 7) is 5.91. The molecule has 0 bridgehead atoms. The van der Waals surface area contributed by atoms with E-state index < -0.39 is 11.5 Å². The summed E-state index contributed by atoms with van der Waals surface area (Å²) in [5.74, 6) is -1.73. The van der Waals surface area contributed by atoms with Gasteiger partial charge in [-0.15, -0.1) is 0 Å². The van der Waals surface area contributed by atoms with Crippen molar-refractivity contribution in [1.29, 1.82) is 0 Å². The molecule has 1 aromatic rings. The summed E-state index contributed by atoms with van der Waals surface area (Å²) in [6.07, 6.45) is 1.39. The van der Waals surface area contributed by atoms with Gasteiger partial charge in [0.2, 0.25) is 5.91 Å². The molecule has 1 heterocycles. The van der Waals surface area contributed by atoms with E-state index in [1.54, 1.807) is 17.0 Å². The van der Waals surface area contributed by atoms with Crippen LogP contribution in [0.15, 0.2) is 24.3 Å². The van der Waals surface area contributed by atoms with Gasteiger partial charge in [0.15, 0.2) is 0 Å². The molecule has 1 N–H and O–H groups in total. The van der Waals surface area contributed by atoms with Crippen LogP contribution < -0.4 is 0 Å². The Morgan fingerprint density at radius 1 is 1.20 bits per heavy atom. The first-order valence-electron chi connectivity index (χ1n) is 8.51. The van der Waals surface area contributed by atoms with Crippen LogP contribution in [0.25, 0.3) is 0 Å². The van der Waals surface area contributed by atoms with Crippen LogP contribution in [-0.4, -0.2) is 58.4 Å². The third kappa shape index (κ3) is 4.00. The summed E-state index contributed by atoms with van der Waals surface area (Å²) in [7, 11) is 1.51. The maximum atomic E-state index is 12.7. The molecule has 1 fully saturated rings. The number of amides is 2. The first-order chi connectivity index (χ1) is 11.6. The Morgan fingerprint density at radius 2 is 1.80 bits per heavy atom. The molecule has 1 aliphatic rings. The summed E-state index contributed by atoms with van der Waals surface area (Å²) in [5.41, 5.74) is 0.416. The molecule has 1 aromatic carbocycles. The van der Waals surface area contributed by atoms with E-state index >= 15 is 0 Å². The van der Waals surface area contributed by atoms with Crippen molar-refractivity contribution in [2.75, 3.05) is 20.1 Å². The summed E-state index contributed by atoms with van der Waals surface area (Å²) < 4.78 is 0. The molecular formula is C19H26N2O4. The van der Waals surface area contributed by atoms with E-state index in [-0.39, 0.29) is 17.7 Å². The zero-order valence-electron chi connectivity index (χ0n) is 15.3.